The van der Waals surface area contributed by atoms with Crippen LogP contribution >= 0.6 is 0 Å². The van der Waals surface area contributed by atoms with Gasteiger partial charge >= 0.3 is 0 Å². The van der Waals surface area contributed by atoms with E-state index < -0.39 is 12.0 Å². The predicted octanol–water partition coefficient (Wildman–Crippen LogP) is 0.968. The van der Waals surface area contributed by atoms with Crippen molar-refractivity contribution in [3.8, 4) is 11.5 Å². The van der Waals surface area contributed by atoms with Crippen LogP contribution in [0.15, 0.2) is 18.2 Å². The summed E-state index contributed by atoms with van der Waals surface area (Å²) in [5.74, 6) is 0.634. The van der Waals surface area contributed by atoms with Crippen molar-refractivity contribution < 1.29 is 14.3 Å². The Balaban J connectivity index is 3.04. The highest BCUT2D eigenvalue weighted by Gasteiger charge is 2.15. The minimum absolute atomic E-state index is 0.198. The lowest BCUT2D eigenvalue weighted by atomic mass is 10.1. The molecule has 4 N–H and O–H groups in total. The second-order valence-electron chi connectivity index (χ2n) is 3.85. The van der Waals surface area contributed by atoms with Crippen molar-refractivity contribution in [2.24, 2.45) is 11.5 Å². The van der Waals surface area contributed by atoms with Crippen molar-refractivity contribution in [1.82, 2.24) is 0 Å². The van der Waals surface area contributed by atoms with E-state index in [0.717, 1.165) is 5.56 Å². The van der Waals surface area contributed by atoms with Crippen LogP contribution < -0.4 is 20.9 Å². The Morgan fingerprint density at radius 2 is 2.00 bits per heavy atom. The lowest BCUT2D eigenvalue weighted by molar-refractivity contribution is -0.124. The van der Waals surface area contributed by atoms with Crippen LogP contribution in [-0.2, 0) is 4.79 Å². The number of nitrogens with two attached hydrogens (primary N) is 2. The first-order chi connectivity index (χ1) is 7.95. The van der Waals surface area contributed by atoms with E-state index in [1.54, 1.807) is 26.2 Å². The zero-order valence-corrected chi connectivity index (χ0v) is 10.3. The van der Waals surface area contributed by atoms with Gasteiger partial charge in [-0.25, -0.2) is 0 Å². The zero-order chi connectivity index (χ0) is 13.0. The molecule has 5 nitrogen and oxygen atoms in total. The number of methoxy groups -OCH3 is 1. The Kier molecular flexibility index (Phi) is 4.34. The third-order valence-electron chi connectivity index (χ3n) is 2.42. The first-order valence-corrected chi connectivity index (χ1v) is 5.35. The van der Waals surface area contributed by atoms with Gasteiger partial charge in [0.2, 0.25) is 0 Å². The fourth-order valence-corrected chi connectivity index (χ4v) is 1.37. The van der Waals surface area contributed by atoms with Gasteiger partial charge in [0.15, 0.2) is 6.10 Å². The van der Waals surface area contributed by atoms with Gasteiger partial charge in [0, 0.05) is 17.7 Å². The van der Waals surface area contributed by atoms with E-state index in [2.05, 4.69) is 0 Å². The molecular weight excluding hydrogens is 220 g/mol. The first-order valence-electron chi connectivity index (χ1n) is 5.35. The maximum atomic E-state index is 11.0. The second-order valence-corrected chi connectivity index (χ2v) is 3.85. The molecule has 0 heterocycles. The van der Waals surface area contributed by atoms with Crippen molar-refractivity contribution >= 4 is 5.91 Å². The van der Waals surface area contributed by atoms with Gasteiger partial charge in [-0.2, -0.15) is 0 Å². The molecule has 0 bridgehead atoms. The van der Waals surface area contributed by atoms with Gasteiger partial charge in [0.1, 0.15) is 11.5 Å². The number of carbonyl (C=O) groups is 1. The van der Waals surface area contributed by atoms with Gasteiger partial charge in [-0.1, -0.05) is 6.07 Å². The standard InChI is InChI=1S/C12H18N2O3/c1-7(13)10-5-4-9(16-3)6-11(10)17-8(2)12(14)15/h4-8H,13H2,1-3H3,(H2,14,15). The molecule has 1 aromatic rings. The molecule has 0 radical (unpaired) electrons. The molecule has 0 fully saturated rings. The van der Waals surface area contributed by atoms with Crippen LogP contribution in [0.3, 0.4) is 0 Å². The van der Waals surface area contributed by atoms with Crippen LogP contribution in [0.1, 0.15) is 25.5 Å². The van der Waals surface area contributed by atoms with E-state index in [1.807, 2.05) is 13.0 Å². The first kappa shape index (κ1) is 13.3. The fourth-order valence-electron chi connectivity index (χ4n) is 1.37. The maximum Gasteiger partial charge on any atom is 0.258 e. The molecule has 1 rings (SSSR count). The molecule has 2 atom stereocenters. The molecule has 0 saturated carbocycles. The quantitative estimate of drug-likeness (QED) is 0.800. The summed E-state index contributed by atoms with van der Waals surface area (Å²) in [6, 6.07) is 5.10. The van der Waals surface area contributed by atoms with Crippen molar-refractivity contribution in [3.05, 3.63) is 23.8 Å². The lowest BCUT2D eigenvalue weighted by Gasteiger charge is -2.17. The van der Waals surface area contributed by atoms with E-state index in [0.29, 0.717) is 11.5 Å². The van der Waals surface area contributed by atoms with Gasteiger partial charge < -0.3 is 20.9 Å². The summed E-state index contributed by atoms with van der Waals surface area (Å²) in [6.07, 6.45) is -0.709. The molecule has 94 valence electrons. The summed E-state index contributed by atoms with van der Waals surface area (Å²) in [7, 11) is 1.56. The molecule has 17 heavy (non-hydrogen) atoms. The van der Waals surface area contributed by atoms with Crippen LogP contribution in [0.25, 0.3) is 0 Å². The second kappa shape index (κ2) is 5.54. The van der Waals surface area contributed by atoms with E-state index in [9.17, 15) is 4.79 Å². The van der Waals surface area contributed by atoms with E-state index in [4.69, 9.17) is 20.9 Å². The van der Waals surface area contributed by atoms with E-state index in [-0.39, 0.29) is 6.04 Å². The average molecular weight is 238 g/mol. The van der Waals surface area contributed by atoms with Crippen LogP contribution in [-0.4, -0.2) is 19.1 Å². The molecule has 0 spiro atoms. The number of carbonyl (C=O) groups excluding carboxylic acids is 1. The van der Waals surface area contributed by atoms with Crippen LogP contribution in [0.4, 0.5) is 0 Å². The Hall–Kier alpha value is -1.75. The Bertz CT molecular complexity index is 405. The normalized spacial score (nSPS) is 13.9. The maximum absolute atomic E-state index is 11.0. The third kappa shape index (κ3) is 3.35. The van der Waals surface area contributed by atoms with Gasteiger partial charge in [0.25, 0.3) is 5.91 Å². The fraction of sp³-hybridized carbons (Fsp3) is 0.417. The monoisotopic (exact) mass is 238 g/mol. The predicted molar refractivity (Wildman–Crippen MR) is 64.9 cm³/mol. The molecule has 0 aliphatic heterocycles. The molecule has 1 amide bonds. The Labute approximate surface area is 101 Å². The minimum atomic E-state index is -0.709. The van der Waals surface area contributed by atoms with Crippen molar-refractivity contribution in [2.75, 3.05) is 7.11 Å². The Morgan fingerprint density at radius 3 is 2.47 bits per heavy atom. The molecule has 2 unspecified atom stereocenters. The summed E-state index contributed by atoms with van der Waals surface area (Å²) < 4.78 is 10.6. The summed E-state index contributed by atoms with van der Waals surface area (Å²) in [5.41, 5.74) is 11.8. The number of benzene rings is 1. The summed E-state index contributed by atoms with van der Waals surface area (Å²) in [6.45, 7) is 3.43. The Morgan fingerprint density at radius 1 is 1.35 bits per heavy atom. The number of ether oxygens (including phenoxy) is 2. The van der Waals surface area contributed by atoms with Crippen molar-refractivity contribution in [2.45, 2.75) is 26.0 Å². The van der Waals surface area contributed by atoms with Gasteiger partial charge in [0.05, 0.1) is 7.11 Å². The van der Waals surface area contributed by atoms with Gasteiger partial charge in [-0.3, -0.25) is 4.79 Å². The highest BCUT2D eigenvalue weighted by atomic mass is 16.5. The topological polar surface area (TPSA) is 87.6 Å². The summed E-state index contributed by atoms with van der Waals surface area (Å²) in [4.78, 5) is 11.0. The molecule has 0 aliphatic rings. The van der Waals surface area contributed by atoms with Crippen LogP contribution in [0.5, 0.6) is 11.5 Å². The van der Waals surface area contributed by atoms with Crippen molar-refractivity contribution in [1.29, 1.82) is 0 Å². The van der Waals surface area contributed by atoms with Crippen LogP contribution in [0.2, 0.25) is 0 Å². The number of amides is 1. The smallest absolute Gasteiger partial charge is 0.258 e. The van der Waals surface area contributed by atoms with E-state index in [1.165, 1.54) is 0 Å². The number of hydrogen-bond donors (Lipinski definition) is 2. The third-order valence-corrected chi connectivity index (χ3v) is 2.42. The number of primary amides is 1. The summed E-state index contributed by atoms with van der Waals surface area (Å²) in [5, 5.41) is 0. The SMILES string of the molecule is COc1ccc(C(C)N)c(OC(C)C(N)=O)c1. The minimum Gasteiger partial charge on any atom is -0.497 e. The highest BCUT2D eigenvalue weighted by Crippen LogP contribution is 2.29. The molecule has 0 aliphatic carbocycles. The largest absolute Gasteiger partial charge is 0.497 e. The lowest BCUT2D eigenvalue weighted by Crippen LogP contribution is -2.31. The van der Waals surface area contributed by atoms with Crippen molar-refractivity contribution in [3.63, 3.8) is 0 Å². The molecule has 1 aromatic carbocycles. The van der Waals surface area contributed by atoms with Gasteiger partial charge in [-0.15, -0.1) is 0 Å². The molecule has 0 saturated heterocycles. The average Bonchev–Trinajstić information content (AvgIpc) is 2.28. The number of rotatable bonds is 5. The number of hydrogen-bond acceptors (Lipinski definition) is 4. The molecular formula is C12H18N2O3. The molecule has 0 aromatic heterocycles. The highest BCUT2D eigenvalue weighted by molar-refractivity contribution is 5.78. The van der Waals surface area contributed by atoms with E-state index >= 15 is 0 Å². The zero-order valence-electron chi connectivity index (χ0n) is 10.3. The summed E-state index contributed by atoms with van der Waals surface area (Å²) >= 11 is 0. The van der Waals surface area contributed by atoms with Crippen LogP contribution in [0, 0.1) is 0 Å². The van der Waals surface area contributed by atoms with Gasteiger partial charge in [-0.05, 0) is 19.9 Å². The molecule has 5 heteroatoms.